The Balaban J connectivity index is 1.88. The normalized spacial score (nSPS) is 18.5. The van der Waals surface area contributed by atoms with E-state index in [4.69, 9.17) is 4.98 Å². The number of nitrogens with one attached hydrogen (secondary N) is 1. The van der Waals surface area contributed by atoms with Crippen LogP contribution < -0.4 is 5.32 Å². The standard InChI is InChI=1S/C14H20N4S/c1-3-7-15-11-5-4-6-12-13(11)19-14(17-12)10-8-16-18(2)9-10/h8-9,11,15H,3-7H2,1-2H3. The maximum absolute atomic E-state index is 4.82. The van der Waals surface area contributed by atoms with Crippen molar-refractivity contribution in [2.24, 2.45) is 7.05 Å². The number of thiazole rings is 1. The molecular weight excluding hydrogens is 256 g/mol. The molecule has 4 nitrogen and oxygen atoms in total. The van der Waals surface area contributed by atoms with Crippen molar-refractivity contribution in [1.29, 1.82) is 0 Å². The van der Waals surface area contributed by atoms with E-state index < -0.39 is 0 Å². The van der Waals surface area contributed by atoms with Gasteiger partial charge in [0.25, 0.3) is 0 Å². The molecule has 0 amide bonds. The molecule has 0 bridgehead atoms. The molecule has 0 aliphatic heterocycles. The first kappa shape index (κ1) is 12.8. The Kier molecular flexibility index (Phi) is 3.66. The van der Waals surface area contributed by atoms with Crippen LogP contribution in [0.4, 0.5) is 0 Å². The van der Waals surface area contributed by atoms with E-state index in [0.29, 0.717) is 6.04 Å². The molecule has 2 heterocycles. The van der Waals surface area contributed by atoms with Crippen LogP contribution in [-0.2, 0) is 13.5 Å². The first-order chi connectivity index (χ1) is 9.28. The van der Waals surface area contributed by atoms with Crippen molar-refractivity contribution >= 4 is 11.3 Å². The average Bonchev–Trinajstić information content (AvgIpc) is 3.02. The van der Waals surface area contributed by atoms with Crippen molar-refractivity contribution in [1.82, 2.24) is 20.1 Å². The fourth-order valence-electron chi connectivity index (χ4n) is 2.59. The van der Waals surface area contributed by atoms with Gasteiger partial charge in [0, 0.05) is 29.7 Å². The molecule has 5 heteroatoms. The summed E-state index contributed by atoms with van der Waals surface area (Å²) in [5.41, 5.74) is 2.43. The summed E-state index contributed by atoms with van der Waals surface area (Å²) in [6, 6.07) is 0.506. The Morgan fingerprint density at radius 3 is 3.16 bits per heavy atom. The first-order valence-electron chi connectivity index (χ1n) is 7.00. The van der Waals surface area contributed by atoms with E-state index >= 15 is 0 Å². The van der Waals surface area contributed by atoms with Crippen LogP contribution in [0.1, 0.15) is 42.8 Å². The molecule has 102 valence electrons. The summed E-state index contributed by atoms with van der Waals surface area (Å²) in [5, 5.41) is 9.00. The summed E-state index contributed by atoms with van der Waals surface area (Å²) in [6.07, 6.45) is 8.72. The van der Waals surface area contributed by atoms with Crippen LogP contribution in [0.2, 0.25) is 0 Å². The summed E-state index contributed by atoms with van der Waals surface area (Å²) < 4.78 is 1.84. The van der Waals surface area contributed by atoms with Gasteiger partial charge in [-0.25, -0.2) is 4.98 Å². The molecule has 1 atom stereocenters. The number of nitrogens with zero attached hydrogens (tertiary/aromatic N) is 3. The highest BCUT2D eigenvalue weighted by molar-refractivity contribution is 7.15. The minimum Gasteiger partial charge on any atom is -0.309 e. The third-order valence-electron chi connectivity index (χ3n) is 3.54. The minimum absolute atomic E-state index is 0.506. The van der Waals surface area contributed by atoms with Gasteiger partial charge in [0.05, 0.1) is 11.9 Å². The quantitative estimate of drug-likeness (QED) is 0.933. The number of hydrogen-bond donors (Lipinski definition) is 1. The van der Waals surface area contributed by atoms with Gasteiger partial charge in [0.1, 0.15) is 5.01 Å². The molecule has 0 saturated carbocycles. The molecule has 1 aliphatic rings. The maximum atomic E-state index is 4.82. The lowest BCUT2D eigenvalue weighted by Gasteiger charge is -2.22. The van der Waals surface area contributed by atoms with Crippen molar-refractivity contribution < 1.29 is 0 Å². The molecule has 0 spiro atoms. The molecule has 1 aliphatic carbocycles. The number of aromatic nitrogens is 3. The number of fused-ring (bicyclic) bond motifs is 1. The van der Waals surface area contributed by atoms with Gasteiger partial charge in [-0.1, -0.05) is 6.92 Å². The van der Waals surface area contributed by atoms with Crippen molar-refractivity contribution in [3.8, 4) is 10.6 Å². The van der Waals surface area contributed by atoms with E-state index in [1.807, 2.05) is 35.5 Å². The van der Waals surface area contributed by atoms with Crippen LogP contribution in [0.5, 0.6) is 0 Å². The molecule has 2 aromatic rings. The largest absolute Gasteiger partial charge is 0.309 e. The topological polar surface area (TPSA) is 42.7 Å². The minimum atomic E-state index is 0.506. The molecule has 0 radical (unpaired) electrons. The van der Waals surface area contributed by atoms with E-state index in [9.17, 15) is 0 Å². The Labute approximate surface area is 117 Å². The monoisotopic (exact) mass is 276 g/mol. The summed E-state index contributed by atoms with van der Waals surface area (Å²) in [4.78, 5) is 6.26. The smallest absolute Gasteiger partial charge is 0.127 e. The van der Waals surface area contributed by atoms with Crippen LogP contribution >= 0.6 is 11.3 Å². The molecule has 0 fully saturated rings. The van der Waals surface area contributed by atoms with E-state index in [1.165, 1.54) is 29.8 Å². The second-order valence-electron chi connectivity index (χ2n) is 5.13. The zero-order chi connectivity index (χ0) is 13.2. The van der Waals surface area contributed by atoms with Gasteiger partial charge >= 0.3 is 0 Å². The van der Waals surface area contributed by atoms with Crippen LogP contribution in [-0.4, -0.2) is 21.3 Å². The average molecular weight is 276 g/mol. The number of rotatable bonds is 4. The predicted molar refractivity (Wildman–Crippen MR) is 78.3 cm³/mol. The molecule has 1 N–H and O–H groups in total. The van der Waals surface area contributed by atoms with Gasteiger partial charge < -0.3 is 5.32 Å². The Bertz CT molecular complexity index is 558. The Morgan fingerprint density at radius 2 is 2.42 bits per heavy atom. The van der Waals surface area contributed by atoms with Gasteiger partial charge in [-0.2, -0.15) is 5.10 Å². The van der Waals surface area contributed by atoms with Gasteiger partial charge in [0.15, 0.2) is 0 Å². The van der Waals surface area contributed by atoms with Gasteiger partial charge in [-0.3, -0.25) is 4.68 Å². The molecular formula is C14H20N4S. The second-order valence-corrected chi connectivity index (χ2v) is 6.16. The fraction of sp³-hybridized carbons (Fsp3) is 0.571. The van der Waals surface area contributed by atoms with E-state index in [1.54, 1.807) is 0 Å². The Hall–Kier alpha value is -1.20. The third-order valence-corrected chi connectivity index (χ3v) is 4.80. The van der Waals surface area contributed by atoms with Crippen molar-refractivity contribution in [3.05, 3.63) is 23.0 Å². The van der Waals surface area contributed by atoms with Gasteiger partial charge in [-0.05, 0) is 32.2 Å². The third kappa shape index (κ3) is 2.58. The highest BCUT2D eigenvalue weighted by Crippen LogP contribution is 2.37. The van der Waals surface area contributed by atoms with Crippen LogP contribution in [0, 0.1) is 0 Å². The van der Waals surface area contributed by atoms with Crippen LogP contribution in [0.25, 0.3) is 10.6 Å². The Morgan fingerprint density at radius 1 is 1.53 bits per heavy atom. The first-order valence-corrected chi connectivity index (χ1v) is 7.81. The maximum Gasteiger partial charge on any atom is 0.127 e. The fourth-order valence-corrected chi connectivity index (χ4v) is 3.78. The SMILES string of the molecule is CCCNC1CCCc2nc(-c3cnn(C)c3)sc21. The molecule has 0 aromatic carbocycles. The summed E-state index contributed by atoms with van der Waals surface area (Å²) in [5.74, 6) is 0. The van der Waals surface area contributed by atoms with Crippen LogP contribution in [0.15, 0.2) is 12.4 Å². The van der Waals surface area contributed by atoms with E-state index in [-0.39, 0.29) is 0 Å². The number of hydrogen-bond acceptors (Lipinski definition) is 4. The lowest BCUT2D eigenvalue weighted by molar-refractivity contribution is 0.465. The lowest BCUT2D eigenvalue weighted by atomic mass is 9.98. The van der Waals surface area contributed by atoms with Gasteiger partial charge in [0.2, 0.25) is 0 Å². The molecule has 0 saturated heterocycles. The highest BCUT2D eigenvalue weighted by Gasteiger charge is 2.24. The highest BCUT2D eigenvalue weighted by atomic mass is 32.1. The van der Waals surface area contributed by atoms with Crippen molar-refractivity contribution in [2.45, 2.75) is 38.6 Å². The van der Waals surface area contributed by atoms with Crippen molar-refractivity contribution in [3.63, 3.8) is 0 Å². The second kappa shape index (κ2) is 5.43. The summed E-state index contributed by atoms with van der Waals surface area (Å²) in [6.45, 7) is 3.30. The summed E-state index contributed by atoms with van der Waals surface area (Å²) >= 11 is 1.83. The molecule has 19 heavy (non-hydrogen) atoms. The zero-order valence-corrected chi connectivity index (χ0v) is 12.3. The van der Waals surface area contributed by atoms with Gasteiger partial charge in [-0.15, -0.1) is 11.3 Å². The van der Waals surface area contributed by atoms with E-state index in [2.05, 4.69) is 17.3 Å². The molecule has 1 unspecified atom stereocenters. The summed E-state index contributed by atoms with van der Waals surface area (Å²) in [7, 11) is 1.95. The lowest BCUT2D eigenvalue weighted by Crippen LogP contribution is -2.24. The van der Waals surface area contributed by atoms with Crippen molar-refractivity contribution in [2.75, 3.05) is 6.54 Å². The van der Waals surface area contributed by atoms with E-state index in [0.717, 1.165) is 23.5 Å². The zero-order valence-electron chi connectivity index (χ0n) is 11.5. The molecule has 2 aromatic heterocycles. The molecule has 3 rings (SSSR count). The predicted octanol–water partition coefficient (Wildman–Crippen LogP) is 2.92. The van der Waals surface area contributed by atoms with Crippen LogP contribution in [0.3, 0.4) is 0 Å². The number of aryl methyl sites for hydroxylation is 2.